The van der Waals surface area contributed by atoms with E-state index in [0.29, 0.717) is 30.0 Å². The van der Waals surface area contributed by atoms with Crippen LogP contribution in [0.1, 0.15) is 20.7 Å². The van der Waals surface area contributed by atoms with Gasteiger partial charge in [0.2, 0.25) is 0 Å². The van der Waals surface area contributed by atoms with Crippen molar-refractivity contribution >= 4 is 17.8 Å². The van der Waals surface area contributed by atoms with Crippen molar-refractivity contribution in [2.24, 2.45) is 0 Å². The zero-order valence-corrected chi connectivity index (χ0v) is 15.4. The fraction of sp³-hybridized carbons (Fsp3) is 0.250. The first kappa shape index (κ1) is 19.2. The van der Waals surface area contributed by atoms with E-state index in [4.69, 9.17) is 9.47 Å². The predicted molar refractivity (Wildman–Crippen MR) is 102 cm³/mol. The highest BCUT2D eigenvalue weighted by atomic mass is 16.5. The van der Waals surface area contributed by atoms with Crippen LogP contribution in [0.2, 0.25) is 0 Å². The Morgan fingerprint density at radius 1 is 0.893 bits per heavy atom. The van der Waals surface area contributed by atoms with Gasteiger partial charge in [-0.25, -0.2) is 4.79 Å². The monoisotopic (exact) mass is 383 g/mol. The van der Waals surface area contributed by atoms with Gasteiger partial charge < -0.3 is 20.1 Å². The van der Waals surface area contributed by atoms with Crippen LogP contribution in [0.25, 0.3) is 0 Å². The van der Waals surface area contributed by atoms with Crippen molar-refractivity contribution in [3.8, 4) is 11.5 Å². The lowest BCUT2D eigenvalue weighted by molar-refractivity contribution is 0.0656. The van der Waals surface area contributed by atoms with Crippen LogP contribution in [-0.4, -0.2) is 56.1 Å². The molecular weight excluding hydrogens is 362 g/mol. The molecule has 0 spiro atoms. The maximum Gasteiger partial charge on any atom is 0.314 e. The van der Waals surface area contributed by atoms with Crippen molar-refractivity contribution < 1.29 is 23.9 Å². The first-order valence-corrected chi connectivity index (χ1v) is 8.84. The number of imide groups is 1. The van der Waals surface area contributed by atoms with Crippen LogP contribution in [0.4, 0.5) is 4.79 Å². The molecule has 3 rings (SSSR count). The van der Waals surface area contributed by atoms with Crippen LogP contribution in [0.5, 0.6) is 11.5 Å². The van der Waals surface area contributed by atoms with Gasteiger partial charge in [0, 0.05) is 13.1 Å². The molecule has 0 atom stereocenters. The molecule has 0 unspecified atom stereocenters. The summed E-state index contributed by atoms with van der Waals surface area (Å²) in [5.41, 5.74) is 0.792. The number of nitrogens with zero attached hydrogens (tertiary/aromatic N) is 1. The molecule has 0 saturated heterocycles. The first-order chi connectivity index (χ1) is 13.6. The van der Waals surface area contributed by atoms with Gasteiger partial charge in [-0.1, -0.05) is 12.1 Å². The van der Waals surface area contributed by atoms with E-state index in [1.54, 1.807) is 55.6 Å². The standard InChI is InChI=1S/C20H21N3O5/c1-27-14-6-8-15(9-7-14)28-13-11-22-20(26)21-10-12-23-18(24)16-4-2-3-5-17(16)19(23)25/h2-9H,10-13H2,1H3,(H2,21,22,26). The summed E-state index contributed by atoms with van der Waals surface area (Å²) >= 11 is 0. The molecule has 1 aliphatic heterocycles. The molecule has 28 heavy (non-hydrogen) atoms. The zero-order chi connectivity index (χ0) is 19.9. The van der Waals surface area contributed by atoms with E-state index in [2.05, 4.69) is 10.6 Å². The molecule has 1 heterocycles. The average Bonchev–Trinajstić information content (AvgIpc) is 2.97. The lowest BCUT2D eigenvalue weighted by Gasteiger charge is -2.14. The number of carbonyl (C=O) groups excluding carboxylic acids is 3. The van der Waals surface area contributed by atoms with Crippen LogP contribution in [0.3, 0.4) is 0 Å². The zero-order valence-electron chi connectivity index (χ0n) is 15.4. The second-order valence-electron chi connectivity index (χ2n) is 6.01. The summed E-state index contributed by atoms with van der Waals surface area (Å²) in [6.45, 7) is 0.891. The Kier molecular flexibility index (Phi) is 6.11. The summed E-state index contributed by atoms with van der Waals surface area (Å²) in [6.07, 6.45) is 0. The molecule has 2 aromatic carbocycles. The predicted octanol–water partition coefficient (Wildman–Crippen LogP) is 1.67. The normalized spacial score (nSPS) is 12.5. The van der Waals surface area contributed by atoms with Gasteiger partial charge in [-0.2, -0.15) is 0 Å². The van der Waals surface area contributed by atoms with E-state index in [0.717, 1.165) is 10.6 Å². The van der Waals surface area contributed by atoms with E-state index in [1.807, 2.05) is 0 Å². The molecule has 2 N–H and O–H groups in total. The van der Waals surface area contributed by atoms with Crippen molar-refractivity contribution in [2.75, 3.05) is 33.4 Å². The molecule has 0 aromatic heterocycles. The van der Waals surface area contributed by atoms with Gasteiger partial charge in [-0.3, -0.25) is 14.5 Å². The topological polar surface area (TPSA) is 97.0 Å². The van der Waals surface area contributed by atoms with Crippen molar-refractivity contribution in [1.82, 2.24) is 15.5 Å². The Morgan fingerprint density at radius 2 is 1.46 bits per heavy atom. The molecule has 146 valence electrons. The molecule has 8 nitrogen and oxygen atoms in total. The van der Waals surface area contributed by atoms with Crippen LogP contribution in [0.15, 0.2) is 48.5 Å². The third kappa shape index (κ3) is 4.40. The Hall–Kier alpha value is -3.55. The molecule has 0 saturated carbocycles. The van der Waals surface area contributed by atoms with Crippen molar-refractivity contribution in [3.05, 3.63) is 59.7 Å². The second-order valence-corrected chi connectivity index (χ2v) is 6.01. The van der Waals surface area contributed by atoms with Gasteiger partial charge in [0.25, 0.3) is 11.8 Å². The molecule has 0 bridgehead atoms. The highest BCUT2D eigenvalue weighted by Crippen LogP contribution is 2.21. The molecule has 0 fully saturated rings. The summed E-state index contributed by atoms with van der Waals surface area (Å²) in [6, 6.07) is 13.4. The lowest BCUT2D eigenvalue weighted by atomic mass is 10.1. The Morgan fingerprint density at radius 3 is 2.07 bits per heavy atom. The number of rotatable bonds is 8. The van der Waals surface area contributed by atoms with Crippen LogP contribution >= 0.6 is 0 Å². The fourth-order valence-electron chi connectivity index (χ4n) is 2.79. The Labute approximate surface area is 162 Å². The number of methoxy groups -OCH3 is 1. The fourth-order valence-corrected chi connectivity index (χ4v) is 2.79. The van der Waals surface area contributed by atoms with Crippen molar-refractivity contribution in [3.63, 3.8) is 0 Å². The summed E-state index contributed by atoms with van der Waals surface area (Å²) in [7, 11) is 1.59. The number of hydrogen-bond acceptors (Lipinski definition) is 5. The highest BCUT2D eigenvalue weighted by Gasteiger charge is 2.34. The molecule has 4 amide bonds. The first-order valence-electron chi connectivity index (χ1n) is 8.84. The van der Waals surface area contributed by atoms with E-state index >= 15 is 0 Å². The van der Waals surface area contributed by atoms with E-state index in [-0.39, 0.29) is 24.9 Å². The number of hydrogen-bond donors (Lipinski definition) is 2. The van der Waals surface area contributed by atoms with Gasteiger partial charge in [-0.05, 0) is 36.4 Å². The molecule has 2 aromatic rings. The third-order valence-electron chi connectivity index (χ3n) is 4.21. The van der Waals surface area contributed by atoms with Gasteiger partial charge in [0.15, 0.2) is 0 Å². The van der Waals surface area contributed by atoms with Gasteiger partial charge >= 0.3 is 6.03 Å². The summed E-state index contributed by atoms with van der Waals surface area (Å²) in [5, 5.41) is 5.28. The van der Waals surface area contributed by atoms with E-state index in [9.17, 15) is 14.4 Å². The Bertz CT molecular complexity index is 831. The number of fused-ring (bicyclic) bond motifs is 1. The number of nitrogens with one attached hydrogen (secondary N) is 2. The number of carbonyl (C=O) groups is 3. The van der Waals surface area contributed by atoms with Crippen LogP contribution in [0, 0.1) is 0 Å². The largest absolute Gasteiger partial charge is 0.497 e. The van der Waals surface area contributed by atoms with Crippen molar-refractivity contribution in [1.29, 1.82) is 0 Å². The smallest absolute Gasteiger partial charge is 0.314 e. The second kappa shape index (κ2) is 8.90. The van der Waals surface area contributed by atoms with Crippen LogP contribution in [-0.2, 0) is 0 Å². The molecule has 1 aliphatic rings. The maximum atomic E-state index is 12.2. The van der Waals surface area contributed by atoms with Crippen molar-refractivity contribution in [2.45, 2.75) is 0 Å². The number of benzene rings is 2. The molecule has 0 aliphatic carbocycles. The summed E-state index contributed by atoms with van der Waals surface area (Å²) in [5.74, 6) is 0.739. The maximum absolute atomic E-state index is 12.2. The number of ether oxygens (including phenoxy) is 2. The number of amides is 4. The van der Waals surface area contributed by atoms with Gasteiger partial charge in [0.05, 0.1) is 24.8 Å². The average molecular weight is 383 g/mol. The van der Waals surface area contributed by atoms with E-state index < -0.39 is 6.03 Å². The lowest BCUT2D eigenvalue weighted by Crippen LogP contribution is -2.42. The van der Waals surface area contributed by atoms with E-state index in [1.165, 1.54) is 0 Å². The SMILES string of the molecule is COc1ccc(OCCNC(=O)NCCN2C(=O)c3ccccc3C2=O)cc1. The minimum Gasteiger partial charge on any atom is -0.497 e. The van der Waals surface area contributed by atoms with Gasteiger partial charge in [-0.15, -0.1) is 0 Å². The third-order valence-corrected chi connectivity index (χ3v) is 4.21. The molecular formula is C20H21N3O5. The summed E-state index contributed by atoms with van der Waals surface area (Å²) in [4.78, 5) is 37.4. The van der Waals surface area contributed by atoms with Crippen LogP contribution < -0.4 is 20.1 Å². The quantitative estimate of drug-likeness (QED) is 0.534. The highest BCUT2D eigenvalue weighted by molar-refractivity contribution is 6.21. The molecule has 0 radical (unpaired) electrons. The minimum absolute atomic E-state index is 0.113. The minimum atomic E-state index is -0.394. The Balaban J connectivity index is 1.34. The molecule has 8 heteroatoms. The summed E-state index contributed by atoms with van der Waals surface area (Å²) < 4.78 is 10.6. The number of urea groups is 1. The van der Waals surface area contributed by atoms with Gasteiger partial charge in [0.1, 0.15) is 18.1 Å².